The Hall–Kier alpha value is -1.13. The van der Waals surface area contributed by atoms with E-state index < -0.39 is 16.2 Å². The van der Waals surface area contributed by atoms with Gasteiger partial charge in [-0.1, -0.05) is 0 Å². The second-order valence-corrected chi connectivity index (χ2v) is 5.50. The maximum atomic E-state index is 11.7. The van der Waals surface area contributed by atoms with E-state index in [0.29, 0.717) is 23.7 Å². The summed E-state index contributed by atoms with van der Waals surface area (Å²) in [5.41, 5.74) is 0. The highest BCUT2D eigenvalue weighted by Gasteiger charge is 2.57. The van der Waals surface area contributed by atoms with Crippen LogP contribution in [0.4, 0.5) is 0 Å². The second kappa shape index (κ2) is 4.86. The van der Waals surface area contributed by atoms with Crippen LogP contribution in [0, 0.1) is 5.92 Å². The minimum Gasteiger partial charge on any atom is -0.493 e. The van der Waals surface area contributed by atoms with Crippen molar-refractivity contribution in [3.8, 4) is 17.2 Å². The van der Waals surface area contributed by atoms with Gasteiger partial charge in [0.1, 0.15) is 10.1 Å². The molecule has 0 radical (unpaired) electrons. The van der Waals surface area contributed by atoms with Gasteiger partial charge in [-0.15, -0.1) is 23.2 Å². The molecular formula is C12H12Cl2O4. The Kier molecular flexibility index (Phi) is 3.59. The van der Waals surface area contributed by atoms with Gasteiger partial charge in [0.15, 0.2) is 11.5 Å². The number of alkyl halides is 2. The first-order valence-electron chi connectivity index (χ1n) is 5.29. The number of rotatable bonds is 4. The minimum absolute atomic E-state index is 0.369. The van der Waals surface area contributed by atoms with Crippen molar-refractivity contribution in [1.82, 2.24) is 0 Å². The van der Waals surface area contributed by atoms with Gasteiger partial charge in [0.2, 0.25) is 0 Å². The summed E-state index contributed by atoms with van der Waals surface area (Å²) in [7, 11) is 3.04. The van der Waals surface area contributed by atoms with E-state index >= 15 is 0 Å². The van der Waals surface area contributed by atoms with E-state index in [9.17, 15) is 4.79 Å². The number of carbonyl (C=O) groups is 1. The van der Waals surface area contributed by atoms with Crippen LogP contribution in [0.15, 0.2) is 18.2 Å². The van der Waals surface area contributed by atoms with Crippen molar-refractivity contribution in [2.45, 2.75) is 10.8 Å². The molecule has 1 saturated carbocycles. The van der Waals surface area contributed by atoms with Gasteiger partial charge in [0.25, 0.3) is 0 Å². The van der Waals surface area contributed by atoms with E-state index in [2.05, 4.69) is 0 Å². The molecule has 1 aromatic carbocycles. The Morgan fingerprint density at radius 3 is 2.39 bits per heavy atom. The topological polar surface area (TPSA) is 44.8 Å². The molecule has 0 unspecified atom stereocenters. The Bertz CT molecular complexity index is 473. The van der Waals surface area contributed by atoms with Crippen LogP contribution in [0.3, 0.4) is 0 Å². The summed E-state index contributed by atoms with van der Waals surface area (Å²) < 4.78 is 14.4. The van der Waals surface area contributed by atoms with Crippen LogP contribution in [0.2, 0.25) is 0 Å². The monoisotopic (exact) mass is 290 g/mol. The van der Waals surface area contributed by atoms with Crippen molar-refractivity contribution in [2.24, 2.45) is 5.92 Å². The summed E-state index contributed by atoms with van der Waals surface area (Å²) in [4.78, 5) is 11.7. The van der Waals surface area contributed by atoms with Crippen molar-refractivity contribution in [3.05, 3.63) is 18.2 Å². The number of carbonyl (C=O) groups excluding carboxylic acids is 1. The van der Waals surface area contributed by atoms with Gasteiger partial charge in [-0.25, -0.2) is 0 Å². The SMILES string of the molecule is COc1ccc(OC(=O)[C@H]2CC2(Cl)Cl)cc1OC. The molecule has 0 aliphatic heterocycles. The van der Waals surface area contributed by atoms with Crippen LogP contribution in [0.1, 0.15) is 6.42 Å². The van der Waals surface area contributed by atoms with Gasteiger partial charge < -0.3 is 14.2 Å². The lowest BCUT2D eigenvalue weighted by atomic mass is 10.3. The second-order valence-electron chi connectivity index (χ2n) is 3.96. The fourth-order valence-electron chi connectivity index (χ4n) is 1.54. The molecule has 1 aliphatic rings. The van der Waals surface area contributed by atoms with Crippen LogP contribution in [0.5, 0.6) is 17.2 Å². The molecule has 0 amide bonds. The van der Waals surface area contributed by atoms with E-state index in [0.717, 1.165) is 0 Å². The normalized spacial score (nSPS) is 20.1. The molecule has 0 bridgehead atoms. The molecule has 1 aliphatic carbocycles. The maximum Gasteiger partial charge on any atom is 0.317 e. The average Bonchev–Trinajstić information content (AvgIpc) is 2.98. The van der Waals surface area contributed by atoms with E-state index in [-0.39, 0.29) is 0 Å². The van der Waals surface area contributed by atoms with Crippen LogP contribution in [-0.4, -0.2) is 24.5 Å². The highest BCUT2D eigenvalue weighted by atomic mass is 35.5. The third kappa shape index (κ3) is 2.65. The summed E-state index contributed by atoms with van der Waals surface area (Å²) >= 11 is 11.6. The molecule has 0 aromatic heterocycles. The lowest BCUT2D eigenvalue weighted by molar-refractivity contribution is -0.135. The van der Waals surface area contributed by atoms with E-state index in [4.69, 9.17) is 37.4 Å². The molecule has 1 aromatic rings. The molecular weight excluding hydrogens is 279 g/mol. The zero-order chi connectivity index (χ0) is 13.3. The molecule has 0 heterocycles. The van der Waals surface area contributed by atoms with Gasteiger partial charge in [0, 0.05) is 6.07 Å². The fourth-order valence-corrected chi connectivity index (χ4v) is 2.02. The van der Waals surface area contributed by atoms with Gasteiger partial charge in [-0.2, -0.15) is 0 Å². The molecule has 0 N–H and O–H groups in total. The lowest BCUT2D eigenvalue weighted by Crippen LogP contribution is -2.13. The average molecular weight is 291 g/mol. The first-order chi connectivity index (χ1) is 8.47. The molecule has 2 rings (SSSR count). The molecule has 0 spiro atoms. The Morgan fingerprint density at radius 2 is 1.89 bits per heavy atom. The Morgan fingerprint density at radius 1 is 1.28 bits per heavy atom. The third-order valence-electron chi connectivity index (χ3n) is 2.68. The fraction of sp³-hybridized carbons (Fsp3) is 0.417. The van der Waals surface area contributed by atoms with E-state index in [1.807, 2.05) is 0 Å². The summed E-state index contributed by atoms with van der Waals surface area (Å²) in [6.07, 6.45) is 0.419. The smallest absolute Gasteiger partial charge is 0.317 e. The van der Waals surface area contributed by atoms with Crippen LogP contribution >= 0.6 is 23.2 Å². The van der Waals surface area contributed by atoms with Gasteiger partial charge in [-0.3, -0.25) is 4.79 Å². The molecule has 1 fully saturated rings. The van der Waals surface area contributed by atoms with Crippen LogP contribution in [0.25, 0.3) is 0 Å². The highest BCUT2D eigenvalue weighted by molar-refractivity contribution is 6.52. The number of methoxy groups -OCH3 is 2. The zero-order valence-electron chi connectivity index (χ0n) is 9.91. The Balaban J connectivity index is 2.08. The standard InChI is InChI=1S/C12H12Cl2O4/c1-16-9-4-3-7(5-10(9)17-2)18-11(15)8-6-12(8,13)14/h3-5,8H,6H2,1-2H3/t8-/m1/s1. The predicted molar refractivity (Wildman–Crippen MR) is 67.7 cm³/mol. The number of halogens is 2. The lowest BCUT2D eigenvalue weighted by Gasteiger charge is -2.09. The maximum absolute atomic E-state index is 11.7. The highest BCUT2D eigenvalue weighted by Crippen LogP contribution is 2.53. The molecule has 18 heavy (non-hydrogen) atoms. The number of benzene rings is 1. The molecule has 0 saturated heterocycles. The summed E-state index contributed by atoms with van der Waals surface area (Å²) in [5.74, 6) is 0.518. The van der Waals surface area contributed by atoms with E-state index in [1.54, 1.807) is 18.2 Å². The number of esters is 1. The number of ether oxygens (including phenoxy) is 3. The van der Waals surface area contributed by atoms with Crippen molar-refractivity contribution in [3.63, 3.8) is 0 Å². The number of hydrogen-bond acceptors (Lipinski definition) is 4. The van der Waals surface area contributed by atoms with E-state index in [1.165, 1.54) is 14.2 Å². The van der Waals surface area contributed by atoms with Crippen molar-refractivity contribution >= 4 is 29.2 Å². The third-order valence-corrected chi connectivity index (χ3v) is 3.52. The molecule has 4 nitrogen and oxygen atoms in total. The van der Waals surface area contributed by atoms with Crippen LogP contribution < -0.4 is 14.2 Å². The summed E-state index contributed by atoms with van der Waals surface area (Å²) in [5, 5.41) is 0. The largest absolute Gasteiger partial charge is 0.493 e. The quantitative estimate of drug-likeness (QED) is 0.486. The van der Waals surface area contributed by atoms with Crippen molar-refractivity contribution in [1.29, 1.82) is 0 Å². The number of hydrogen-bond donors (Lipinski definition) is 0. The summed E-state index contributed by atoms with van der Waals surface area (Å²) in [6, 6.07) is 4.85. The first-order valence-corrected chi connectivity index (χ1v) is 6.05. The van der Waals surface area contributed by atoms with Gasteiger partial charge in [-0.05, 0) is 18.6 Å². The van der Waals surface area contributed by atoms with Crippen molar-refractivity contribution < 1.29 is 19.0 Å². The summed E-state index contributed by atoms with van der Waals surface area (Å²) in [6.45, 7) is 0. The van der Waals surface area contributed by atoms with Crippen LogP contribution in [-0.2, 0) is 4.79 Å². The first kappa shape index (κ1) is 13.3. The van der Waals surface area contributed by atoms with Gasteiger partial charge in [0.05, 0.1) is 20.1 Å². The van der Waals surface area contributed by atoms with Gasteiger partial charge >= 0.3 is 5.97 Å². The van der Waals surface area contributed by atoms with Crippen molar-refractivity contribution in [2.75, 3.05) is 14.2 Å². The predicted octanol–water partition coefficient (Wildman–Crippen LogP) is 2.80. The zero-order valence-corrected chi connectivity index (χ0v) is 11.4. The Labute approximate surface area is 115 Å². The minimum atomic E-state index is -0.979. The molecule has 1 atom stereocenters. The molecule has 6 heteroatoms. The molecule has 98 valence electrons.